The molecule has 1 aromatic rings. The van der Waals surface area contributed by atoms with Gasteiger partial charge in [-0.3, -0.25) is 4.79 Å². The smallest absolute Gasteiger partial charge is 0.276 e. The summed E-state index contributed by atoms with van der Waals surface area (Å²) < 4.78 is 5.33. The number of hydrogen-bond donors (Lipinski definition) is 1. The van der Waals surface area contributed by atoms with Crippen molar-refractivity contribution in [2.75, 3.05) is 39.3 Å². The number of aromatic nitrogens is 1. The molecule has 6 heteroatoms. The van der Waals surface area contributed by atoms with Crippen LogP contribution in [0, 0.1) is 11.8 Å². The van der Waals surface area contributed by atoms with Gasteiger partial charge in [-0.1, -0.05) is 5.16 Å². The summed E-state index contributed by atoms with van der Waals surface area (Å²) >= 11 is 0. The first kappa shape index (κ1) is 16.1. The Hall–Kier alpha value is -1.40. The van der Waals surface area contributed by atoms with Gasteiger partial charge in [0, 0.05) is 38.2 Å². The molecule has 1 aromatic heterocycles. The van der Waals surface area contributed by atoms with E-state index in [0.29, 0.717) is 24.1 Å². The van der Waals surface area contributed by atoms with Crippen LogP contribution in [0.4, 0.5) is 0 Å². The normalized spacial score (nSPS) is 28.5. The Morgan fingerprint density at radius 2 is 2.00 bits per heavy atom. The highest BCUT2D eigenvalue weighted by atomic mass is 16.5. The van der Waals surface area contributed by atoms with Crippen LogP contribution in [-0.2, 0) is 0 Å². The number of aliphatic hydroxyl groups is 1. The molecule has 4 rings (SSSR count). The van der Waals surface area contributed by atoms with Crippen molar-refractivity contribution in [1.29, 1.82) is 0 Å². The van der Waals surface area contributed by atoms with Gasteiger partial charge in [0.05, 0.1) is 0 Å². The number of nitrogens with zero attached hydrogens (tertiary/aromatic N) is 3. The summed E-state index contributed by atoms with van der Waals surface area (Å²) in [6, 6.07) is 1.82. The van der Waals surface area contributed by atoms with E-state index in [1.165, 1.54) is 25.9 Å². The highest BCUT2D eigenvalue weighted by molar-refractivity contribution is 5.92. The van der Waals surface area contributed by atoms with Crippen molar-refractivity contribution in [3.05, 3.63) is 17.5 Å². The third-order valence-corrected chi connectivity index (χ3v) is 5.61. The lowest BCUT2D eigenvalue weighted by atomic mass is 9.89. The molecule has 132 valence electrons. The largest absolute Gasteiger partial charge is 0.396 e. The second kappa shape index (κ2) is 6.84. The van der Waals surface area contributed by atoms with Gasteiger partial charge in [0.1, 0.15) is 5.76 Å². The Morgan fingerprint density at radius 3 is 2.71 bits per heavy atom. The first-order chi connectivity index (χ1) is 11.7. The summed E-state index contributed by atoms with van der Waals surface area (Å²) in [6.07, 6.45) is 5.83. The summed E-state index contributed by atoms with van der Waals surface area (Å²) in [7, 11) is 0. The van der Waals surface area contributed by atoms with E-state index in [4.69, 9.17) is 4.52 Å². The van der Waals surface area contributed by atoms with Crippen molar-refractivity contribution in [2.45, 2.75) is 38.0 Å². The van der Waals surface area contributed by atoms with Crippen molar-refractivity contribution in [3.8, 4) is 0 Å². The van der Waals surface area contributed by atoms with Crippen molar-refractivity contribution < 1.29 is 14.4 Å². The highest BCUT2D eigenvalue weighted by Gasteiger charge is 2.34. The zero-order chi connectivity index (χ0) is 16.5. The molecule has 3 fully saturated rings. The summed E-state index contributed by atoms with van der Waals surface area (Å²) in [5.74, 6) is 1.88. The van der Waals surface area contributed by atoms with Crippen LogP contribution in [0.2, 0.25) is 0 Å². The van der Waals surface area contributed by atoms with Crippen LogP contribution < -0.4 is 0 Å². The number of aliphatic hydroxyl groups excluding tert-OH is 1. The number of hydrogen-bond acceptors (Lipinski definition) is 5. The van der Waals surface area contributed by atoms with Crippen LogP contribution in [0.3, 0.4) is 0 Å². The zero-order valence-electron chi connectivity index (χ0n) is 14.2. The zero-order valence-corrected chi connectivity index (χ0v) is 14.2. The Morgan fingerprint density at radius 1 is 1.25 bits per heavy atom. The van der Waals surface area contributed by atoms with E-state index in [1.807, 2.05) is 11.0 Å². The van der Waals surface area contributed by atoms with E-state index >= 15 is 0 Å². The van der Waals surface area contributed by atoms with Crippen molar-refractivity contribution in [1.82, 2.24) is 15.0 Å². The third-order valence-electron chi connectivity index (χ3n) is 5.61. The molecule has 3 heterocycles. The van der Waals surface area contributed by atoms with Gasteiger partial charge < -0.3 is 19.4 Å². The van der Waals surface area contributed by atoms with Crippen molar-refractivity contribution in [3.63, 3.8) is 0 Å². The maximum absolute atomic E-state index is 12.8. The summed E-state index contributed by atoms with van der Waals surface area (Å²) in [6.45, 7) is 4.90. The summed E-state index contributed by atoms with van der Waals surface area (Å²) in [4.78, 5) is 17.2. The van der Waals surface area contributed by atoms with Gasteiger partial charge >= 0.3 is 0 Å². The third kappa shape index (κ3) is 3.49. The van der Waals surface area contributed by atoms with Gasteiger partial charge in [0.25, 0.3) is 5.91 Å². The standard InChI is InChI=1S/C18H27N3O3/c22-12-14-7-13(9-20-5-1-2-6-20)10-21(11-14)18(23)16-8-17(24-19-16)15-3-4-15/h8,13-15,22H,1-7,9-12H2/t13-,14-/m1/s1. The molecule has 1 saturated carbocycles. The van der Waals surface area contributed by atoms with Crippen LogP contribution in [0.25, 0.3) is 0 Å². The minimum Gasteiger partial charge on any atom is -0.396 e. The molecule has 2 aliphatic heterocycles. The lowest BCUT2D eigenvalue weighted by molar-refractivity contribution is 0.0457. The molecule has 6 nitrogen and oxygen atoms in total. The van der Waals surface area contributed by atoms with E-state index in [2.05, 4.69) is 10.1 Å². The molecular formula is C18H27N3O3. The van der Waals surface area contributed by atoms with Crippen molar-refractivity contribution in [2.24, 2.45) is 11.8 Å². The highest BCUT2D eigenvalue weighted by Crippen LogP contribution is 2.40. The fraction of sp³-hybridized carbons (Fsp3) is 0.778. The predicted octanol–water partition coefficient (Wildman–Crippen LogP) is 1.72. The molecule has 1 amide bonds. The second-order valence-corrected chi connectivity index (χ2v) is 7.76. The van der Waals surface area contributed by atoms with E-state index in [-0.39, 0.29) is 18.4 Å². The first-order valence-electron chi connectivity index (χ1n) is 9.32. The second-order valence-electron chi connectivity index (χ2n) is 7.76. The SMILES string of the molecule is O=C(c1cc(C2CC2)on1)N1C[C@H](CO)C[C@H](CN2CCCC2)C1. The predicted molar refractivity (Wildman–Crippen MR) is 88.7 cm³/mol. The molecule has 2 atom stereocenters. The van der Waals surface area contributed by atoms with Crippen LogP contribution in [0.5, 0.6) is 0 Å². The lowest BCUT2D eigenvalue weighted by Gasteiger charge is -2.38. The topological polar surface area (TPSA) is 69.8 Å². The lowest BCUT2D eigenvalue weighted by Crippen LogP contribution is -2.47. The molecule has 2 saturated heterocycles. The molecule has 0 spiro atoms. The maximum atomic E-state index is 12.8. The maximum Gasteiger partial charge on any atom is 0.276 e. The van der Waals surface area contributed by atoms with Crippen LogP contribution in [0.15, 0.2) is 10.6 Å². The Bertz CT molecular complexity index is 578. The van der Waals surface area contributed by atoms with Gasteiger partial charge in [-0.15, -0.1) is 0 Å². The molecule has 1 N–H and O–H groups in total. The molecular weight excluding hydrogens is 306 g/mol. The van der Waals surface area contributed by atoms with Crippen LogP contribution in [0.1, 0.15) is 54.3 Å². The van der Waals surface area contributed by atoms with Gasteiger partial charge in [0.2, 0.25) is 0 Å². The minimum atomic E-state index is -0.0461. The number of piperidine rings is 1. The van der Waals surface area contributed by atoms with Crippen LogP contribution >= 0.6 is 0 Å². The van der Waals surface area contributed by atoms with Crippen LogP contribution in [-0.4, -0.2) is 65.3 Å². The van der Waals surface area contributed by atoms with Gasteiger partial charge in [-0.25, -0.2) is 0 Å². The fourth-order valence-electron chi connectivity index (χ4n) is 4.19. The van der Waals surface area contributed by atoms with E-state index < -0.39 is 0 Å². The van der Waals surface area contributed by atoms with Gasteiger partial charge in [-0.2, -0.15) is 0 Å². The van der Waals surface area contributed by atoms with Crippen molar-refractivity contribution >= 4 is 5.91 Å². The number of carbonyl (C=O) groups excluding carboxylic acids is 1. The quantitative estimate of drug-likeness (QED) is 0.888. The number of likely N-dealkylation sites (tertiary alicyclic amines) is 2. The number of carbonyl (C=O) groups is 1. The fourth-order valence-corrected chi connectivity index (χ4v) is 4.19. The van der Waals surface area contributed by atoms with Gasteiger partial charge in [0.15, 0.2) is 5.69 Å². The van der Waals surface area contributed by atoms with E-state index in [0.717, 1.165) is 38.1 Å². The monoisotopic (exact) mass is 333 g/mol. The molecule has 3 aliphatic rings. The average molecular weight is 333 g/mol. The minimum absolute atomic E-state index is 0.0461. The summed E-state index contributed by atoms with van der Waals surface area (Å²) in [5.41, 5.74) is 0.426. The molecule has 0 aromatic carbocycles. The molecule has 1 aliphatic carbocycles. The molecule has 0 radical (unpaired) electrons. The molecule has 0 bridgehead atoms. The van der Waals surface area contributed by atoms with Gasteiger partial charge in [-0.05, 0) is 57.0 Å². The van der Waals surface area contributed by atoms with E-state index in [1.54, 1.807) is 0 Å². The average Bonchev–Trinajstić information content (AvgIpc) is 3.11. The Labute approximate surface area is 142 Å². The molecule has 0 unspecified atom stereocenters. The Balaban J connectivity index is 1.42. The number of rotatable bonds is 5. The number of amides is 1. The molecule has 24 heavy (non-hydrogen) atoms. The Kier molecular flexibility index (Phi) is 4.59. The first-order valence-corrected chi connectivity index (χ1v) is 9.32. The van der Waals surface area contributed by atoms with E-state index in [9.17, 15) is 9.90 Å². The summed E-state index contributed by atoms with van der Waals surface area (Å²) in [5, 5.41) is 13.6.